The number of aliphatic hydroxyl groups is 1. The number of nitrogens with zero attached hydrogens (tertiary/aromatic N) is 2. The van der Waals surface area contributed by atoms with Crippen molar-refractivity contribution in [3.8, 4) is 0 Å². The number of carbonyl (C=O) groups excluding carboxylic acids is 1. The van der Waals surface area contributed by atoms with E-state index in [0.29, 0.717) is 17.7 Å². The highest BCUT2D eigenvalue weighted by molar-refractivity contribution is 5.94. The molecule has 3 rings (SSSR count). The summed E-state index contributed by atoms with van der Waals surface area (Å²) in [5, 5.41) is 10.4. The van der Waals surface area contributed by atoms with Gasteiger partial charge >= 0.3 is 6.18 Å². The Kier molecular flexibility index (Phi) is 6.05. The molecule has 0 radical (unpaired) electrons. The number of piperazine rings is 1. The molecule has 2 aromatic rings. The van der Waals surface area contributed by atoms with E-state index in [0.717, 1.165) is 44.0 Å². The Balaban J connectivity index is 1.53. The van der Waals surface area contributed by atoms with E-state index in [-0.39, 0.29) is 5.78 Å². The molecule has 4 nitrogen and oxygen atoms in total. The molecule has 150 valence electrons. The van der Waals surface area contributed by atoms with Crippen LogP contribution in [0.1, 0.15) is 34.5 Å². The van der Waals surface area contributed by atoms with Gasteiger partial charge in [0.1, 0.15) is 0 Å². The SMILES string of the molecule is CC(=O)c1ccc(N2CCN(CC(O)c3ccc(C(F)(F)F)cc3)CC2)cc1. The average molecular weight is 392 g/mol. The highest BCUT2D eigenvalue weighted by Gasteiger charge is 2.30. The van der Waals surface area contributed by atoms with Crippen LogP contribution in [-0.4, -0.2) is 48.5 Å². The molecule has 1 N–H and O–H groups in total. The first-order valence-corrected chi connectivity index (χ1v) is 9.17. The summed E-state index contributed by atoms with van der Waals surface area (Å²) in [6.45, 7) is 4.95. The van der Waals surface area contributed by atoms with Crippen molar-refractivity contribution in [3.05, 3.63) is 65.2 Å². The summed E-state index contributed by atoms with van der Waals surface area (Å²) in [4.78, 5) is 15.7. The fourth-order valence-electron chi connectivity index (χ4n) is 3.34. The second-order valence-corrected chi connectivity index (χ2v) is 7.03. The Morgan fingerprint density at radius 1 is 1.00 bits per heavy atom. The number of halogens is 3. The maximum absolute atomic E-state index is 12.6. The molecule has 28 heavy (non-hydrogen) atoms. The lowest BCUT2D eigenvalue weighted by molar-refractivity contribution is -0.137. The maximum Gasteiger partial charge on any atom is 0.416 e. The highest BCUT2D eigenvalue weighted by atomic mass is 19.4. The van der Waals surface area contributed by atoms with Gasteiger partial charge < -0.3 is 10.0 Å². The third kappa shape index (κ3) is 4.91. The van der Waals surface area contributed by atoms with Crippen LogP contribution in [0.2, 0.25) is 0 Å². The summed E-state index contributed by atoms with van der Waals surface area (Å²) >= 11 is 0. The third-order valence-corrected chi connectivity index (χ3v) is 5.07. The molecule has 1 unspecified atom stereocenters. The minimum Gasteiger partial charge on any atom is -0.387 e. The van der Waals surface area contributed by atoms with Crippen LogP contribution in [-0.2, 0) is 6.18 Å². The average Bonchev–Trinajstić information content (AvgIpc) is 2.68. The van der Waals surface area contributed by atoms with Gasteiger partial charge in [-0.25, -0.2) is 0 Å². The zero-order valence-electron chi connectivity index (χ0n) is 15.6. The highest BCUT2D eigenvalue weighted by Crippen LogP contribution is 2.30. The second kappa shape index (κ2) is 8.32. The molecule has 2 aromatic carbocycles. The lowest BCUT2D eigenvalue weighted by Crippen LogP contribution is -2.47. The van der Waals surface area contributed by atoms with E-state index in [9.17, 15) is 23.1 Å². The number of hydrogen-bond donors (Lipinski definition) is 1. The smallest absolute Gasteiger partial charge is 0.387 e. The van der Waals surface area contributed by atoms with Gasteiger partial charge in [-0.1, -0.05) is 12.1 Å². The van der Waals surface area contributed by atoms with Crippen molar-refractivity contribution in [2.75, 3.05) is 37.6 Å². The molecular formula is C21H23F3N2O2. The van der Waals surface area contributed by atoms with E-state index in [1.807, 2.05) is 24.3 Å². The quantitative estimate of drug-likeness (QED) is 0.787. The Morgan fingerprint density at radius 2 is 1.57 bits per heavy atom. The molecule has 1 aliphatic rings. The molecule has 0 spiro atoms. The topological polar surface area (TPSA) is 43.8 Å². The van der Waals surface area contributed by atoms with Crippen molar-refractivity contribution in [3.63, 3.8) is 0 Å². The lowest BCUT2D eigenvalue weighted by Gasteiger charge is -2.37. The monoisotopic (exact) mass is 392 g/mol. The number of ketones is 1. The number of anilines is 1. The van der Waals surface area contributed by atoms with Crippen LogP contribution < -0.4 is 4.90 Å². The van der Waals surface area contributed by atoms with Gasteiger partial charge in [0.15, 0.2) is 5.78 Å². The molecule has 1 aliphatic heterocycles. The predicted octanol–water partition coefficient (Wildman–Crippen LogP) is 3.76. The first-order valence-electron chi connectivity index (χ1n) is 9.17. The van der Waals surface area contributed by atoms with Crippen LogP contribution in [0.5, 0.6) is 0 Å². The van der Waals surface area contributed by atoms with Gasteiger partial charge in [0, 0.05) is 44.0 Å². The molecule has 0 saturated carbocycles. The molecule has 0 amide bonds. The summed E-state index contributed by atoms with van der Waals surface area (Å²) in [6, 6.07) is 12.2. The zero-order chi connectivity index (χ0) is 20.3. The van der Waals surface area contributed by atoms with Crippen molar-refractivity contribution in [1.29, 1.82) is 0 Å². The Bertz CT molecular complexity index is 796. The number of hydrogen-bond acceptors (Lipinski definition) is 4. The fourth-order valence-corrected chi connectivity index (χ4v) is 3.34. The molecule has 0 bridgehead atoms. The number of benzene rings is 2. The Labute approximate surface area is 162 Å². The summed E-state index contributed by atoms with van der Waals surface area (Å²) < 4.78 is 37.9. The molecule has 0 aromatic heterocycles. The van der Waals surface area contributed by atoms with Crippen LogP contribution in [0.25, 0.3) is 0 Å². The molecule has 1 atom stereocenters. The van der Waals surface area contributed by atoms with Gasteiger partial charge in [0.05, 0.1) is 11.7 Å². The van der Waals surface area contributed by atoms with Gasteiger partial charge in [-0.05, 0) is 48.9 Å². The van der Waals surface area contributed by atoms with Crippen LogP contribution in [0, 0.1) is 0 Å². The van der Waals surface area contributed by atoms with Crippen molar-refractivity contribution in [2.45, 2.75) is 19.2 Å². The first-order chi connectivity index (χ1) is 13.2. The van der Waals surface area contributed by atoms with Crippen LogP contribution >= 0.6 is 0 Å². The van der Waals surface area contributed by atoms with Crippen LogP contribution in [0.4, 0.5) is 18.9 Å². The maximum atomic E-state index is 12.6. The van der Waals surface area contributed by atoms with Crippen LogP contribution in [0.3, 0.4) is 0 Å². The number of β-amino-alcohol motifs (C(OH)–C–C–N with tert-alkyl or cyclic N) is 1. The van der Waals surface area contributed by atoms with E-state index in [4.69, 9.17) is 0 Å². The normalized spacial score (nSPS) is 16.8. The Morgan fingerprint density at radius 3 is 2.07 bits per heavy atom. The van der Waals surface area contributed by atoms with Gasteiger partial charge in [-0.2, -0.15) is 13.2 Å². The molecular weight excluding hydrogens is 369 g/mol. The predicted molar refractivity (Wildman–Crippen MR) is 102 cm³/mol. The molecule has 7 heteroatoms. The second-order valence-electron chi connectivity index (χ2n) is 7.03. The van der Waals surface area contributed by atoms with Crippen molar-refractivity contribution in [2.24, 2.45) is 0 Å². The first kappa shape index (κ1) is 20.4. The molecule has 1 saturated heterocycles. The van der Waals surface area contributed by atoms with Gasteiger partial charge in [-0.15, -0.1) is 0 Å². The minimum absolute atomic E-state index is 0.0358. The third-order valence-electron chi connectivity index (χ3n) is 5.07. The van der Waals surface area contributed by atoms with Crippen molar-refractivity contribution in [1.82, 2.24) is 4.90 Å². The van der Waals surface area contributed by atoms with Crippen molar-refractivity contribution >= 4 is 11.5 Å². The van der Waals surface area contributed by atoms with Crippen molar-refractivity contribution < 1.29 is 23.1 Å². The standard InChI is InChI=1S/C21H23F3N2O2/c1-15(27)16-4-8-19(9-5-16)26-12-10-25(11-13-26)14-20(28)17-2-6-18(7-3-17)21(22,23)24/h2-9,20,28H,10-14H2,1H3. The van der Waals surface area contributed by atoms with E-state index in [1.165, 1.54) is 19.1 Å². The van der Waals surface area contributed by atoms with Gasteiger partial charge in [-0.3, -0.25) is 9.69 Å². The van der Waals surface area contributed by atoms with E-state index in [1.54, 1.807) is 0 Å². The van der Waals surface area contributed by atoms with E-state index < -0.39 is 17.8 Å². The largest absolute Gasteiger partial charge is 0.416 e. The Hall–Kier alpha value is -2.38. The molecule has 1 heterocycles. The van der Waals surface area contributed by atoms with Gasteiger partial charge in [0.2, 0.25) is 0 Å². The zero-order valence-corrected chi connectivity index (χ0v) is 15.6. The summed E-state index contributed by atoms with van der Waals surface area (Å²) in [5.41, 5.74) is 1.50. The summed E-state index contributed by atoms with van der Waals surface area (Å²) in [7, 11) is 0. The van der Waals surface area contributed by atoms with E-state index >= 15 is 0 Å². The van der Waals surface area contributed by atoms with Gasteiger partial charge in [0.25, 0.3) is 0 Å². The fraction of sp³-hybridized carbons (Fsp3) is 0.381. The summed E-state index contributed by atoms with van der Waals surface area (Å²) in [5.74, 6) is 0.0358. The number of Topliss-reactive ketones (excluding diaryl/α,β-unsaturated/α-hetero) is 1. The number of alkyl halides is 3. The molecule has 0 aliphatic carbocycles. The summed E-state index contributed by atoms with van der Waals surface area (Å²) in [6.07, 6.45) is -5.20. The van der Waals surface area contributed by atoms with Crippen LogP contribution in [0.15, 0.2) is 48.5 Å². The molecule has 1 fully saturated rings. The van der Waals surface area contributed by atoms with E-state index in [2.05, 4.69) is 9.80 Å². The number of aliphatic hydroxyl groups excluding tert-OH is 1. The number of rotatable bonds is 5. The lowest BCUT2D eigenvalue weighted by atomic mass is 10.1. The minimum atomic E-state index is -4.37. The number of carbonyl (C=O) groups is 1.